The fourth-order valence-corrected chi connectivity index (χ4v) is 5.13. The third-order valence-corrected chi connectivity index (χ3v) is 7.28. The zero-order chi connectivity index (χ0) is 19.2. The summed E-state index contributed by atoms with van der Waals surface area (Å²) in [6, 6.07) is 2.29. The Balaban J connectivity index is 1.69. The lowest BCUT2D eigenvalue weighted by Crippen LogP contribution is -2.45. The van der Waals surface area contributed by atoms with Crippen LogP contribution in [0.3, 0.4) is 0 Å². The van der Waals surface area contributed by atoms with Gasteiger partial charge in [0.1, 0.15) is 4.21 Å². The molecule has 2 heterocycles. The van der Waals surface area contributed by atoms with Gasteiger partial charge in [-0.25, -0.2) is 8.42 Å². The molecular weight excluding hydrogens is 376 g/mol. The summed E-state index contributed by atoms with van der Waals surface area (Å²) >= 11 is 1.10. The van der Waals surface area contributed by atoms with Gasteiger partial charge in [-0.15, -0.1) is 11.3 Å². The highest BCUT2D eigenvalue weighted by Crippen LogP contribution is 2.16. The monoisotopic (exact) mass is 402 g/mol. The van der Waals surface area contributed by atoms with Gasteiger partial charge in [0.05, 0.1) is 12.0 Å². The van der Waals surface area contributed by atoms with E-state index in [4.69, 9.17) is 5.73 Å². The lowest BCUT2D eigenvalue weighted by molar-refractivity contribution is -0.123. The first-order chi connectivity index (χ1) is 12.3. The van der Waals surface area contributed by atoms with Gasteiger partial charge in [0.25, 0.3) is 10.0 Å². The smallest absolute Gasteiger partial charge is 0.250 e. The number of hydrogen-bond acceptors (Lipinski definition) is 6. The number of thiophene rings is 1. The van der Waals surface area contributed by atoms with Crippen molar-refractivity contribution in [1.29, 1.82) is 0 Å². The molecule has 0 saturated carbocycles. The Morgan fingerprint density at radius 2 is 2.23 bits per heavy atom. The van der Waals surface area contributed by atoms with Gasteiger partial charge in [0.15, 0.2) is 0 Å². The number of amides is 2. The molecule has 4 N–H and O–H groups in total. The van der Waals surface area contributed by atoms with E-state index in [1.807, 2.05) is 0 Å². The highest BCUT2D eigenvalue weighted by Gasteiger charge is 2.24. The van der Waals surface area contributed by atoms with E-state index in [-0.39, 0.29) is 21.9 Å². The Kier molecular flexibility index (Phi) is 7.56. The Morgan fingerprint density at radius 1 is 1.46 bits per heavy atom. The van der Waals surface area contributed by atoms with Crippen molar-refractivity contribution in [2.75, 3.05) is 26.2 Å². The number of nitrogens with two attached hydrogens (primary N) is 1. The molecule has 2 unspecified atom stereocenters. The quantitative estimate of drug-likeness (QED) is 0.507. The molecule has 2 rings (SSSR count). The van der Waals surface area contributed by atoms with Crippen molar-refractivity contribution in [3.63, 3.8) is 0 Å². The molecule has 0 bridgehead atoms. The summed E-state index contributed by atoms with van der Waals surface area (Å²) in [6.07, 6.45) is 2.51. The van der Waals surface area contributed by atoms with Gasteiger partial charge in [-0.3, -0.25) is 9.59 Å². The lowest BCUT2D eigenvalue weighted by atomic mass is 9.97. The number of sulfonamides is 1. The third-order valence-electron chi connectivity index (χ3n) is 4.34. The number of carbonyl (C=O) groups is 2. The maximum Gasteiger partial charge on any atom is 0.250 e. The van der Waals surface area contributed by atoms with Crippen LogP contribution in [0.15, 0.2) is 21.7 Å². The number of likely N-dealkylation sites (tertiary alicyclic amines) is 1. The first kappa shape index (κ1) is 20.8. The number of nitrogens with one attached hydrogen (secondary N) is 2. The Morgan fingerprint density at radius 3 is 2.88 bits per heavy atom. The van der Waals surface area contributed by atoms with Crippen LogP contribution in [0.1, 0.15) is 26.2 Å². The van der Waals surface area contributed by atoms with Crippen LogP contribution in [0, 0.1) is 5.92 Å². The summed E-state index contributed by atoms with van der Waals surface area (Å²) in [5, 5.41) is 4.41. The molecule has 0 spiro atoms. The molecule has 26 heavy (non-hydrogen) atoms. The van der Waals surface area contributed by atoms with Crippen LogP contribution in [0.25, 0.3) is 0 Å². The van der Waals surface area contributed by atoms with Gasteiger partial charge < -0.3 is 16.0 Å². The van der Waals surface area contributed by atoms with Crippen molar-refractivity contribution in [1.82, 2.24) is 14.9 Å². The summed E-state index contributed by atoms with van der Waals surface area (Å²) in [7, 11) is -3.67. The van der Waals surface area contributed by atoms with Crippen LogP contribution in [0.5, 0.6) is 0 Å². The Hall–Kier alpha value is -1.49. The molecule has 1 saturated heterocycles. The van der Waals surface area contributed by atoms with Crippen LogP contribution in [-0.2, 0) is 19.6 Å². The molecule has 8 nitrogen and oxygen atoms in total. The van der Waals surface area contributed by atoms with Gasteiger partial charge in [0.2, 0.25) is 11.8 Å². The molecule has 1 aromatic heterocycles. The molecule has 0 aliphatic carbocycles. The fraction of sp³-hybridized carbons (Fsp3) is 0.625. The molecule has 2 amide bonds. The van der Waals surface area contributed by atoms with E-state index in [1.54, 1.807) is 11.4 Å². The molecule has 0 aromatic carbocycles. The van der Waals surface area contributed by atoms with Crippen molar-refractivity contribution < 1.29 is 18.0 Å². The second-order valence-electron chi connectivity index (χ2n) is 6.46. The van der Waals surface area contributed by atoms with Crippen LogP contribution >= 0.6 is 11.3 Å². The largest absolute Gasteiger partial charge is 0.369 e. The lowest BCUT2D eigenvalue weighted by Gasteiger charge is -2.31. The molecule has 146 valence electrons. The molecule has 10 heteroatoms. The third kappa shape index (κ3) is 6.04. The van der Waals surface area contributed by atoms with Crippen LogP contribution in [0.2, 0.25) is 0 Å². The Labute approximate surface area is 158 Å². The number of hydrogen-bond donors (Lipinski definition) is 3. The normalized spacial score (nSPS) is 19.8. The van der Waals surface area contributed by atoms with Gasteiger partial charge in [-0.05, 0) is 50.7 Å². The highest BCUT2D eigenvalue weighted by atomic mass is 32.2. The number of primary amides is 1. The topological polar surface area (TPSA) is 122 Å². The number of nitrogens with zero attached hydrogens (tertiary/aromatic N) is 1. The first-order valence-corrected chi connectivity index (χ1v) is 11.0. The summed E-state index contributed by atoms with van der Waals surface area (Å²) in [5.41, 5.74) is 5.36. The van der Waals surface area contributed by atoms with Gasteiger partial charge in [0, 0.05) is 13.1 Å². The molecule has 2 atom stereocenters. The average molecular weight is 403 g/mol. The molecule has 0 radical (unpaired) electrons. The van der Waals surface area contributed by atoms with Gasteiger partial charge in [-0.2, -0.15) is 4.72 Å². The fourth-order valence-electron chi connectivity index (χ4n) is 2.92. The zero-order valence-electron chi connectivity index (χ0n) is 14.8. The van der Waals surface area contributed by atoms with Crippen molar-refractivity contribution >= 4 is 33.2 Å². The first-order valence-electron chi connectivity index (χ1n) is 8.65. The van der Waals surface area contributed by atoms with E-state index in [0.29, 0.717) is 13.1 Å². The van der Waals surface area contributed by atoms with Crippen molar-refractivity contribution in [2.45, 2.75) is 36.4 Å². The predicted octanol–water partition coefficient (Wildman–Crippen LogP) is 0.119. The molecular formula is C16H26N4O4S2. The zero-order valence-corrected chi connectivity index (χ0v) is 16.4. The average Bonchev–Trinajstić information content (AvgIpc) is 3.14. The summed E-state index contributed by atoms with van der Waals surface area (Å²) in [6.45, 7) is 4.32. The van der Waals surface area contributed by atoms with Crippen LogP contribution < -0.4 is 15.8 Å². The molecule has 1 fully saturated rings. The van der Waals surface area contributed by atoms with E-state index in [1.165, 1.54) is 13.0 Å². The summed E-state index contributed by atoms with van der Waals surface area (Å²) in [5.74, 6) is -0.710. The summed E-state index contributed by atoms with van der Waals surface area (Å²) in [4.78, 5) is 25.5. The molecule has 1 aliphatic heterocycles. The molecule has 1 aliphatic rings. The van der Waals surface area contributed by atoms with E-state index < -0.39 is 16.1 Å². The van der Waals surface area contributed by atoms with E-state index in [2.05, 4.69) is 14.9 Å². The second-order valence-corrected chi connectivity index (χ2v) is 9.35. The minimum Gasteiger partial charge on any atom is -0.369 e. The van der Waals surface area contributed by atoms with E-state index in [9.17, 15) is 18.0 Å². The predicted molar refractivity (Wildman–Crippen MR) is 100 cm³/mol. The minimum atomic E-state index is -3.67. The van der Waals surface area contributed by atoms with Crippen molar-refractivity contribution in [2.24, 2.45) is 11.7 Å². The Bertz CT molecular complexity index is 706. The van der Waals surface area contributed by atoms with E-state index in [0.717, 1.165) is 43.7 Å². The number of piperidine rings is 1. The van der Waals surface area contributed by atoms with Crippen LogP contribution in [-0.4, -0.2) is 57.4 Å². The van der Waals surface area contributed by atoms with E-state index >= 15 is 0 Å². The number of carbonyl (C=O) groups excluding carboxylic acids is 2. The standard InChI is InChI=1S/C16H26N4O4S2/c1-12(19-26(23,24)14-6-3-10-25-14)16(22)18-7-4-9-20-8-2-5-13(11-20)15(17)21/h3,6,10,12-13,19H,2,4-5,7-9,11H2,1H3,(H2,17,21)(H,18,22). The van der Waals surface area contributed by atoms with Crippen LogP contribution in [0.4, 0.5) is 0 Å². The highest BCUT2D eigenvalue weighted by molar-refractivity contribution is 7.91. The van der Waals surface area contributed by atoms with Gasteiger partial charge >= 0.3 is 0 Å². The maximum absolute atomic E-state index is 12.1. The number of rotatable bonds is 9. The minimum absolute atomic E-state index is 0.0926. The van der Waals surface area contributed by atoms with Gasteiger partial charge in [-0.1, -0.05) is 6.07 Å². The maximum atomic E-state index is 12.1. The molecule has 1 aromatic rings. The van der Waals surface area contributed by atoms with Crippen molar-refractivity contribution in [3.8, 4) is 0 Å². The van der Waals surface area contributed by atoms with Crippen molar-refractivity contribution in [3.05, 3.63) is 17.5 Å². The SMILES string of the molecule is CC(NS(=O)(=O)c1cccs1)C(=O)NCCCN1CCCC(C(N)=O)C1. The summed E-state index contributed by atoms with van der Waals surface area (Å²) < 4.78 is 26.8. The second kappa shape index (κ2) is 9.45.